The van der Waals surface area contributed by atoms with Crippen LogP contribution in [0.25, 0.3) is 0 Å². The van der Waals surface area contributed by atoms with Crippen molar-refractivity contribution in [3.8, 4) is 5.75 Å². The maximum absolute atomic E-state index is 12.0. The number of para-hydroxylation sites is 1. The van der Waals surface area contributed by atoms with Crippen LogP contribution in [0.3, 0.4) is 0 Å². The molecular formula is C13H15N3O4. The lowest BCUT2D eigenvalue weighted by molar-refractivity contribution is -0.124. The van der Waals surface area contributed by atoms with Gasteiger partial charge in [0.2, 0.25) is 5.91 Å². The van der Waals surface area contributed by atoms with Crippen LogP contribution in [0.5, 0.6) is 5.75 Å². The predicted molar refractivity (Wildman–Crippen MR) is 70.4 cm³/mol. The summed E-state index contributed by atoms with van der Waals surface area (Å²) in [6.07, 6.45) is 0. The zero-order valence-corrected chi connectivity index (χ0v) is 11.0. The molecule has 1 aromatic carbocycles. The van der Waals surface area contributed by atoms with Crippen LogP contribution in [0.15, 0.2) is 24.3 Å². The van der Waals surface area contributed by atoms with Crippen LogP contribution < -0.4 is 15.4 Å². The Morgan fingerprint density at radius 2 is 2.15 bits per heavy atom. The van der Waals surface area contributed by atoms with E-state index >= 15 is 0 Å². The minimum atomic E-state index is -0.429. The number of hydrogen-bond acceptors (Lipinski definition) is 4. The molecule has 1 aromatic rings. The lowest BCUT2D eigenvalue weighted by atomic mass is 10.2. The van der Waals surface area contributed by atoms with Gasteiger partial charge < -0.3 is 15.4 Å². The minimum absolute atomic E-state index is 0.0132. The van der Waals surface area contributed by atoms with Crippen LogP contribution in [-0.2, 0) is 4.79 Å². The lowest BCUT2D eigenvalue weighted by Crippen LogP contribution is -2.38. The molecule has 0 aliphatic carbocycles. The van der Waals surface area contributed by atoms with Crippen molar-refractivity contribution in [1.29, 1.82) is 0 Å². The van der Waals surface area contributed by atoms with Gasteiger partial charge in [-0.1, -0.05) is 12.1 Å². The summed E-state index contributed by atoms with van der Waals surface area (Å²) in [5.74, 6) is -0.129. The number of benzene rings is 1. The van der Waals surface area contributed by atoms with Gasteiger partial charge in [-0.2, -0.15) is 0 Å². The summed E-state index contributed by atoms with van der Waals surface area (Å²) >= 11 is 0. The van der Waals surface area contributed by atoms with Gasteiger partial charge in [-0.05, 0) is 12.1 Å². The van der Waals surface area contributed by atoms with E-state index in [1.54, 1.807) is 24.3 Å². The number of methoxy groups -OCH3 is 1. The molecule has 106 valence electrons. The molecule has 7 nitrogen and oxygen atoms in total. The average Bonchev–Trinajstić information content (AvgIpc) is 2.78. The molecule has 1 aliphatic rings. The monoisotopic (exact) mass is 277 g/mol. The zero-order chi connectivity index (χ0) is 14.5. The molecule has 20 heavy (non-hydrogen) atoms. The van der Waals surface area contributed by atoms with E-state index in [0.29, 0.717) is 11.3 Å². The Labute approximate surface area is 115 Å². The standard InChI is InChI=1S/C13H15N3O4/c1-20-10-5-3-2-4-9(10)12(18)14-6-7-16-11(17)8-15-13(16)19/h2-5H,6-8H2,1H3,(H,14,18)(H,15,19). The van der Waals surface area contributed by atoms with Crippen LogP contribution in [0.4, 0.5) is 4.79 Å². The number of carbonyl (C=O) groups excluding carboxylic acids is 3. The number of nitrogens with zero attached hydrogens (tertiary/aromatic N) is 1. The van der Waals surface area contributed by atoms with E-state index in [2.05, 4.69) is 10.6 Å². The van der Waals surface area contributed by atoms with Gasteiger partial charge in [0.1, 0.15) is 5.75 Å². The number of carbonyl (C=O) groups is 3. The quantitative estimate of drug-likeness (QED) is 0.740. The van der Waals surface area contributed by atoms with Gasteiger partial charge in [0.25, 0.3) is 5.91 Å². The number of rotatable bonds is 5. The summed E-state index contributed by atoms with van der Waals surface area (Å²) in [5.41, 5.74) is 0.409. The number of amides is 4. The van der Waals surface area contributed by atoms with Crippen LogP contribution in [0.1, 0.15) is 10.4 Å². The van der Waals surface area contributed by atoms with Crippen molar-refractivity contribution in [2.45, 2.75) is 0 Å². The second-order valence-corrected chi connectivity index (χ2v) is 4.16. The van der Waals surface area contributed by atoms with Crippen LogP contribution in [-0.4, -0.2) is 49.5 Å². The molecule has 0 spiro atoms. The summed E-state index contributed by atoms with van der Waals surface area (Å²) in [4.78, 5) is 35.7. The van der Waals surface area contributed by atoms with Gasteiger partial charge in [-0.3, -0.25) is 14.5 Å². The van der Waals surface area contributed by atoms with Crippen molar-refractivity contribution >= 4 is 17.8 Å². The van der Waals surface area contributed by atoms with Gasteiger partial charge in [-0.25, -0.2) is 4.79 Å². The summed E-state index contributed by atoms with van der Waals surface area (Å²) < 4.78 is 5.09. The normalized spacial score (nSPS) is 14.2. The third-order valence-corrected chi connectivity index (χ3v) is 2.91. The van der Waals surface area contributed by atoms with Crippen LogP contribution >= 0.6 is 0 Å². The molecule has 0 aromatic heterocycles. The van der Waals surface area contributed by atoms with Crippen molar-refractivity contribution < 1.29 is 19.1 Å². The number of nitrogens with one attached hydrogen (secondary N) is 2. The van der Waals surface area contributed by atoms with Gasteiger partial charge in [0.05, 0.1) is 19.2 Å². The summed E-state index contributed by atoms with van der Waals surface area (Å²) in [5, 5.41) is 5.06. The highest BCUT2D eigenvalue weighted by Crippen LogP contribution is 2.16. The van der Waals surface area contributed by atoms with Gasteiger partial charge in [0, 0.05) is 13.1 Å². The second kappa shape index (κ2) is 6.05. The first-order chi connectivity index (χ1) is 9.63. The molecule has 1 fully saturated rings. The molecule has 1 saturated heterocycles. The summed E-state index contributed by atoms with van der Waals surface area (Å²) in [6, 6.07) is 6.40. The van der Waals surface area contributed by atoms with E-state index in [9.17, 15) is 14.4 Å². The number of ether oxygens (including phenoxy) is 1. The Bertz CT molecular complexity index is 528. The van der Waals surface area contributed by atoms with E-state index in [1.165, 1.54) is 7.11 Å². The molecule has 2 rings (SSSR count). The second-order valence-electron chi connectivity index (χ2n) is 4.16. The molecule has 1 heterocycles. The lowest BCUT2D eigenvalue weighted by Gasteiger charge is -2.13. The molecule has 0 radical (unpaired) electrons. The number of imide groups is 1. The highest BCUT2D eigenvalue weighted by Gasteiger charge is 2.27. The topological polar surface area (TPSA) is 87.7 Å². The Morgan fingerprint density at radius 1 is 1.40 bits per heavy atom. The maximum Gasteiger partial charge on any atom is 0.324 e. The smallest absolute Gasteiger partial charge is 0.324 e. The molecule has 1 aliphatic heterocycles. The summed E-state index contributed by atoms with van der Waals surface area (Å²) in [6.45, 7) is 0.348. The Hall–Kier alpha value is -2.57. The van der Waals surface area contributed by atoms with E-state index in [0.717, 1.165) is 4.90 Å². The minimum Gasteiger partial charge on any atom is -0.496 e. The number of hydrogen-bond donors (Lipinski definition) is 2. The van der Waals surface area contributed by atoms with E-state index in [1.807, 2.05) is 0 Å². The van der Waals surface area contributed by atoms with Gasteiger partial charge >= 0.3 is 6.03 Å². The molecule has 4 amide bonds. The fourth-order valence-electron chi connectivity index (χ4n) is 1.89. The van der Waals surface area contributed by atoms with Gasteiger partial charge in [-0.15, -0.1) is 0 Å². The Kier molecular flexibility index (Phi) is 4.19. The Balaban J connectivity index is 1.89. The van der Waals surface area contributed by atoms with Crippen LogP contribution in [0, 0.1) is 0 Å². The van der Waals surface area contributed by atoms with E-state index in [4.69, 9.17) is 4.74 Å². The van der Waals surface area contributed by atoms with Crippen molar-refractivity contribution in [1.82, 2.24) is 15.5 Å². The van der Waals surface area contributed by atoms with Crippen molar-refractivity contribution in [3.05, 3.63) is 29.8 Å². The van der Waals surface area contributed by atoms with E-state index in [-0.39, 0.29) is 31.4 Å². The molecule has 0 atom stereocenters. The van der Waals surface area contributed by atoms with Crippen molar-refractivity contribution in [2.75, 3.05) is 26.7 Å². The molecular weight excluding hydrogens is 262 g/mol. The highest BCUT2D eigenvalue weighted by molar-refractivity contribution is 6.02. The maximum atomic E-state index is 12.0. The average molecular weight is 277 g/mol. The largest absolute Gasteiger partial charge is 0.496 e. The molecule has 2 N–H and O–H groups in total. The fourth-order valence-corrected chi connectivity index (χ4v) is 1.89. The molecule has 0 saturated carbocycles. The molecule has 0 bridgehead atoms. The SMILES string of the molecule is COc1ccccc1C(=O)NCCN1C(=O)CNC1=O. The van der Waals surface area contributed by atoms with Gasteiger partial charge in [0.15, 0.2) is 0 Å². The van der Waals surface area contributed by atoms with E-state index < -0.39 is 6.03 Å². The predicted octanol–water partition coefficient (Wildman–Crippen LogP) is -0.0232. The first-order valence-electron chi connectivity index (χ1n) is 6.13. The first-order valence-corrected chi connectivity index (χ1v) is 6.13. The third-order valence-electron chi connectivity index (χ3n) is 2.91. The van der Waals surface area contributed by atoms with Crippen molar-refractivity contribution in [3.63, 3.8) is 0 Å². The van der Waals surface area contributed by atoms with Crippen molar-refractivity contribution in [2.24, 2.45) is 0 Å². The van der Waals surface area contributed by atoms with Crippen LogP contribution in [0.2, 0.25) is 0 Å². The molecule has 0 unspecified atom stereocenters. The summed E-state index contributed by atoms with van der Waals surface area (Å²) in [7, 11) is 1.49. The molecule has 7 heteroatoms. The first kappa shape index (κ1) is 13.9. The number of urea groups is 1. The highest BCUT2D eigenvalue weighted by atomic mass is 16.5. The zero-order valence-electron chi connectivity index (χ0n) is 11.0. The fraction of sp³-hybridized carbons (Fsp3) is 0.308. The Morgan fingerprint density at radius 3 is 2.80 bits per heavy atom. The third kappa shape index (κ3) is 2.87.